The summed E-state index contributed by atoms with van der Waals surface area (Å²) in [5.74, 6) is 0.130. The lowest BCUT2D eigenvalue weighted by atomic mass is 9.98. The van der Waals surface area contributed by atoms with Crippen LogP contribution in [0.1, 0.15) is 31.9 Å². The molecule has 0 saturated carbocycles. The summed E-state index contributed by atoms with van der Waals surface area (Å²) >= 11 is 3.31. The lowest BCUT2D eigenvalue weighted by molar-refractivity contribution is -0.118. The van der Waals surface area contributed by atoms with Crippen molar-refractivity contribution in [3.63, 3.8) is 0 Å². The molecule has 0 amide bonds. The minimum Gasteiger partial charge on any atom is -0.299 e. The number of rotatable bonds is 3. The van der Waals surface area contributed by atoms with E-state index in [1.54, 1.807) is 13.1 Å². The third kappa shape index (κ3) is 2.62. The molecule has 0 aromatic carbocycles. The predicted molar refractivity (Wildman–Crippen MR) is 55.7 cm³/mol. The number of carbonyl (C=O) groups excluding carboxylic acids is 1. The first-order valence-corrected chi connectivity index (χ1v) is 5.06. The van der Waals surface area contributed by atoms with Crippen molar-refractivity contribution in [2.75, 3.05) is 0 Å². The van der Waals surface area contributed by atoms with Crippen LogP contribution in [0.25, 0.3) is 0 Å². The molecule has 1 unspecified atom stereocenters. The standard InChI is InChI=1S/C10H12BrNO/c1-3-9(7(2)13)10-5-4-8(11)6-12-10/h4-6,9H,3H2,1-2H3. The van der Waals surface area contributed by atoms with Crippen molar-refractivity contribution in [1.82, 2.24) is 4.98 Å². The maximum atomic E-state index is 11.2. The first kappa shape index (κ1) is 10.4. The van der Waals surface area contributed by atoms with Gasteiger partial charge in [0.2, 0.25) is 0 Å². The predicted octanol–water partition coefficient (Wildman–Crippen LogP) is 2.93. The van der Waals surface area contributed by atoms with E-state index in [0.717, 1.165) is 16.6 Å². The average molecular weight is 242 g/mol. The van der Waals surface area contributed by atoms with Gasteiger partial charge < -0.3 is 0 Å². The van der Waals surface area contributed by atoms with Gasteiger partial charge in [0.05, 0.1) is 11.6 Å². The first-order chi connectivity index (χ1) is 6.15. The Balaban J connectivity index is 2.92. The third-order valence-electron chi connectivity index (χ3n) is 2.01. The molecular weight excluding hydrogens is 230 g/mol. The topological polar surface area (TPSA) is 30.0 Å². The zero-order valence-electron chi connectivity index (χ0n) is 7.75. The molecule has 0 radical (unpaired) electrons. The molecule has 70 valence electrons. The molecule has 0 saturated heterocycles. The maximum Gasteiger partial charge on any atom is 0.138 e. The molecule has 1 heterocycles. The molecule has 1 aromatic rings. The van der Waals surface area contributed by atoms with E-state index in [-0.39, 0.29) is 11.7 Å². The second-order valence-electron chi connectivity index (χ2n) is 2.97. The summed E-state index contributed by atoms with van der Waals surface area (Å²) in [6.45, 7) is 3.60. The molecule has 0 fully saturated rings. The lowest BCUT2D eigenvalue weighted by Crippen LogP contribution is -2.09. The molecule has 0 aliphatic heterocycles. The van der Waals surface area contributed by atoms with Gasteiger partial charge in [0.1, 0.15) is 5.78 Å². The minimum absolute atomic E-state index is 0.0481. The first-order valence-electron chi connectivity index (χ1n) is 4.27. The molecule has 1 aromatic heterocycles. The van der Waals surface area contributed by atoms with Crippen LogP contribution in [-0.4, -0.2) is 10.8 Å². The number of halogens is 1. The van der Waals surface area contributed by atoms with Crippen molar-refractivity contribution in [3.8, 4) is 0 Å². The van der Waals surface area contributed by atoms with Gasteiger partial charge in [-0.15, -0.1) is 0 Å². The van der Waals surface area contributed by atoms with Crippen LogP contribution >= 0.6 is 15.9 Å². The van der Waals surface area contributed by atoms with Gasteiger partial charge in [0.25, 0.3) is 0 Å². The summed E-state index contributed by atoms with van der Waals surface area (Å²) < 4.78 is 0.939. The van der Waals surface area contributed by atoms with Crippen molar-refractivity contribution >= 4 is 21.7 Å². The van der Waals surface area contributed by atoms with Gasteiger partial charge in [-0.1, -0.05) is 6.92 Å². The molecule has 0 bridgehead atoms. The smallest absolute Gasteiger partial charge is 0.138 e. The summed E-state index contributed by atoms with van der Waals surface area (Å²) in [5, 5.41) is 0. The van der Waals surface area contributed by atoms with Crippen LogP contribution in [0.3, 0.4) is 0 Å². The SMILES string of the molecule is CCC(C(C)=O)c1ccc(Br)cn1. The summed E-state index contributed by atoms with van der Waals surface area (Å²) in [6, 6.07) is 3.80. The molecule has 0 aliphatic carbocycles. The minimum atomic E-state index is -0.0481. The van der Waals surface area contributed by atoms with E-state index in [2.05, 4.69) is 20.9 Å². The normalized spacial score (nSPS) is 12.5. The summed E-state index contributed by atoms with van der Waals surface area (Å²) in [5.41, 5.74) is 0.859. The quantitative estimate of drug-likeness (QED) is 0.815. The van der Waals surface area contributed by atoms with E-state index in [9.17, 15) is 4.79 Å². The molecule has 0 N–H and O–H groups in total. The van der Waals surface area contributed by atoms with Gasteiger partial charge in [-0.3, -0.25) is 9.78 Å². The number of nitrogens with zero attached hydrogens (tertiary/aromatic N) is 1. The van der Waals surface area contributed by atoms with Crippen molar-refractivity contribution < 1.29 is 4.79 Å². The fraction of sp³-hybridized carbons (Fsp3) is 0.400. The second-order valence-corrected chi connectivity index (χ2v) is 3.89. The largest absolute Gasteiger partial charge is 0.299 e. The molecule has 0 spiro atoms. The van der Waals surface area contributed by atoms with E-state index in [1.807, 2.05) is 19.1 Å². The number of aromatic nitrogens is 1. The Morgan fingerprint density at radius 2 is 2.31 bits per heavy atom. The Bertz CT molecular complexity index is 294. The van der Waals surface area contributed by atoms with E-state index < -0.39 is 0 Å². The molecular formula is C10H12BrNO. The molecule has 1 atom stereocenters. The highest BCUT2D eigenvalue weighted by atomic mass is 79.9. The van der Waals surface area contributed by atoms with E-state index in [4.69, 9.17) is 0 Å². The van der Waals surface area contributed by atoms with Gasteiger partial charge in [-0.05, 0) is 41.4 Å². The van der Waals surface area contributed by atoms with Gasteiger partial charge >= 0.3 is 0 Å². The summed E-state index contributed by atoms with van der Waals surface area (Å²) in [4.78, 5) is 15.4. The molecule has 3 heteroatoms. The average Bonchev–Trinajstić information content (AvgIpc) is 2.09. The van der Waals surface area contributed by atoms with E-state index in [0.29, 0.717) is 0 Å². The zero-order chi connectivity index (χ0) is 9.84. The highest BCUT2D eigenvalue weighted by molar-refractivity contribution is 9.10. The van der Waals surface area contributed by atoms with Crippen LogP contribution < -0.4 is 0 Å². The highest BCUT2D eigenvalue weighted by Gasteiger charge is 2.14. The number of pyridine rings is 1. The highest BCUT2D eigenvalue weighted by Crippen LogP contribution is 2.19. The van der Waals surface area contributed by atoms with Crippen LogP contribution in [0, 0.1) is 0 Å². The summed E-state index contributed by atoms with van der Waals surface area (Å²) in [7, 11) is 0. The molecule has 2 nitrogen and oxygen atoms in total. The second kappa shape index (κ2) is 4.51. The molecule has 13 heavy (non-hydrogen) atoms. The molecule has 1 rings (SSSR count). The van der Waals surface area contributed by atoms with Crippen LogP contribution in [0.5, 0.6) is 0 Å². The number of hydrogen-bond acceptors (Lipinski definition) is 2. The van der Waals surface area contributed by atoms with Gasteiger partial charge in [-0.25, -0.2) is 0 Å². The Hall–Kier alpha value is -0.700. The Morgan fingerprint density at radius 1 is 1.62 bits per heavy atom. The number of Topliss-reactive ketones (excluding diaryl/α,β-unsaturated/α-hetero) is 1. The number of hydrogen-bond donors (Lipinski definition) is 0. The van der Waals surface area contributed by atoms with Crippen molar-refractivity contribution in [2.24, 2.45) is 0 Å². The Kier molecular flexibility index (Phi) is 3.60. The fourth-order valence-electron chi connectivity index (χ4n) is 1.30. The van der Waals surface area contributed by atoms with Crippen LogP contribution in [0.15, 0.2) is 22.8 Å². The van der Waals surface area contributed by atoms with Crippen LogP contribution in [-0.2, 0) is 4.79 Å². The van der Waals surface area contributed by atoms with Crippen LogP contribution in [0.2, 0.25) is 0 Å². The zero-order valence-corrected chi connectivity index (χ0v) is 9.34. The molecule has 0 aliphatic rings. The lowest BCUT2D eigenvalue weighted by Gasteiger charge is -2.09. The number of ketones is 1. The number of carbonyl (C=O) groups is 1. The van der Waals surface area contributed by atoms with Gasteiger partial charge in [0.15, 0.2) is 0 Å². The Morgan fingerprint density at radius 3 is 2.69 bits per heavy atom. The van der Waals surface area contributed by atoms with Gasteiger partial charge in [-0.2, -0.15) is 0 Å². The van der Waals surface area contributed by atoms with Crippen molar-refractivity contribution in [1.29, 1.82) is 0 Å². The maximum absolute atomic E-state index is 11.2. The van der Waals surface area contributed by atoms with Crippen molar-refractivity contribution in [2.45, 2.75) is 26.2 Å². The third-order valence-corrected chi connectivity index (χ3v) is 2.48. The van der Waals surface area contributed by atoms with E-state index in [1.165, 1.54) is 0 Å². The monoisotopic (exact) mass is 241 g/mol. The van der Waals surface area contributed by atoms with Crippen molar-refractivity contribution in [3.05, 3.63) is 28.5 Å². The summed E-state index contributed by atoms with van der Waals surface area (Å²) in [6.07, 6.45) is 2.53. The Labute approximate surface area is 86.5 Å². The van der Waals surface area contributed by atoms with E-state index >= 15 is 0 Å². The fourth-order valence-corrected chi connectivity index (χ4v) is 1.53. The van der Waals surface area contributed by atoms with Gasteiger partial charge in [0, 0.05) is 10.7 Å². The van der Waals surface area contributed by atoms with Crippen LogP contribution in [0.4, 0.5) is 0 Å².